The number of aliphatic hydroxyl groups excluding tert-OH is 1. The first-order valence-corrected chi connectivity index (χ1v) is 8.63. The summed E-state index contributed by atoms with van der Waals surface area (Å²) in [6.07, 6.45) is 5.29. The lowest BCUT2D eigenvalue weighted by molar-refractivity contribution is -0.115. The van der Waals surface area contributed by atoms with E-state index in [1.165, 1.54) is 25.3 Å². The Kier molecular flexibility index (Phi) is 7.65. The zero-order valence-electron chi connectivity index (χ0n) is 16.1. The lowest BCUT2D eigenvalue weighted by atomic mass is 10.1. The van der Waals surface area contributed by atoms with Crippen molar-refractivity contribution in [2.45, 2.75) is 12.5 Å². The van der Waals surface area contributed by atoms with Crippen molar-refractivity contribution in [3.8, 4) is 23.0 Å². The van der Waals surface area contributed by atoms with E-state index in [9.17, 15) is 15.0 Å². The predicted octanol–water partition coefficient (Wildman–Crippen LogP) is 3.46. The molecule has 0 bridgehead atoms. The first-order chi connectivity index (χ1) is 13.5. The highest BCUT2D eigenvalue weighted by atomic mass is 16.5. The summed E-state index contributed by atoms with van der Waals surface area (Å²) in [4.78, 5) is 12.1. The van der Waals surface area contributed by atoms with Crippen molar-refractivity contribution in [1.29, 1.82) is 0 Å². The number of hydrogen-bond donors (Lipinski definition) is 2. The fourth-order valence-electron chi connectivity index (χ4n) is 2.51. The molecule has 0 aliphatic carbocycles. The Balaban J connectivity index is 1.96. The van der Waals surface area contributed by atoms with Crippen LogP contribution in [0.25, 0.3) is 12.2 Å². The second-order valence-corrected chi connectivity index (χ2v) is 5.98. The molecule has 0 heterocycles. The van der Waals surface area contributed by atoms with E-state index >= 15 is 0 Å². The minimum Gasteiger partial charge on any atom is -0.504 e. The molecule has 6 heteroatoms. The number of ether oxygens (including phenoxy) is 3. The van der Waals surface area contributed by atoms with Gasteiger partial charge in [0.15, 0.2) is 28.8 Å². The Hall–Kier alpha value is -3.25. The van der Waals surface area contributed by atoms with Crippen LogP contribution in [0, 0.1) is 0 Å². The number of carbonyl (C=O) groups excluding carboxylic acids is 1. The third-order valence-corrected chi connectivity index (χ3v) is 3.99. The van der Waals surface area contributed by atoms with Gasteiger partial charge in [0, 0.05) is 6.42 Å². The molecular formula is C22H24O6. The van der Waals surface area contributed by atoms with Crippen molar-refractivity contribution < 1.29 is 29.2 Å². The number of phenols is 1. The largest absolute Gasteiger partial charge is 0.504 e. The predicted molar refractivity (Wildman–Crippen MR) is 108 cm³/mol. The molecule has 0 aliphatic heterocycles. The molecule has 2 N–H and O–H groups in total. The summed E-state index contributed by atoms with van der Waals surface area (Å²) >= 11 is 0. The molecule has 2 aromatic rings. The number of hydrogen-bond acceptors (Lipinski definition) is 6. The molecule has 0 fully saturated rings. The van der Waals surface area contributed by atoms with Gasteiger partial charge in [-0.3, -0.25) is 4.79 Å². The monoisotopic (exact) mass is 384 g/mol. The molecule has 1 unspecified atom stereocenters. The van der Waals surface area contributed by atoms with Gasteiger partial charge >= 0.3 is 0 Å². The van der Waals surface area contributed by atoms with Gasteiger partial charge in [-0.15, -0.1) is 0 Å². The fraction of sp³-hybridized carbons (Fsp3) is 0.227. The van der Waals surface area contributed by atoms with Gasteiger partial charge in [-0.05, 0) is 41.5 Å². The second kappa shape index (κ2) is 10.2. The normalized spacial score (nSPS) is 12.3. The number of benzene rings is 2. The molecule has 0 spiro atoms. The van der Waals surface area contributed by atoms with Crippen molar-refractivity contribution in [3.63, 3.8) is 0 Å². The zero-order chi connectivity index (χ0) is 20.5. The molecule has 6 nitrogen and oxygen atoms in total. The Bertz CT molecular complexity index is 869. The van der Waals surface area contributed by atoms with Crippen LogP contribution in [-0.4, -0.2) is 43.4 Å². The van der Waals surface area contributed by atoms with Crippen LogP contribution < -0.4 is 14.2 Å². The molecule has 0 saturated carbocycles. The van der Waals surface area contributed by atoms with E-state index in [4.69, 9.17) is 14.2 Å². The average molecular weight is 384 g/mol. The summed E-state index contributed by atoms with van der Waals surface area (Å²) in [7, 11) is 4.56. The van der Waals surface area contributed by atoms with Crippen LogP contribution in [0.5, 0.6) is 23.0 Å². The number of phenolic OH excluding ortho intramolecular Hbond substituents is 1. The number of aromatic hydroxyl groups is 1. The van der Waals surface area contributed by atoms with E-state index in [0.717, 1.165) is 11.1 Å². The van der Waals surface area contributed by atoms with Gasteiger partial charge in [-0.25, -0.2) is 0 Å². The van der Waals surface area contributed by atoms with Gasteiger partial charge in [-0.1, -0.05) is 30.4 Å². The number of ketones is 1. The summed E-state index contributed by atoms with van der Waals surface area (Å²) in [6, 6.07) is 10.1. The maximum Gasteiger partial charge on any atom is 0.161 e. The molecule has 0 aliphatic rings. The van der Waals surface area contributed by atoms with Crippen LogP contribution in [0.15, 0.2) is 48.6 Å². The Morgan fingerprint density at radius 2 is 1.54 bits per heavy atom. The van der Waals surface area contributed by atoms with E-state index < -0.39 is 6.10 Å². The molecular weight excluding hydrogens is 360 g/mol. The van der Waals surface area contributed by atoms with E-state index in [1.54, 1.807) is 56.7 Å². The van der Waals surface area contributed by atoms with Gasteiger partial charge in [-0.2, -0.15) is 0 Å². The van der Waals surface area contributed by atoms with Gasteiger partial charge in [0.05, 0.1) is 27.4 Å². The molecule has 1 atom stereocenters. The first kappa shape index (κ1) is 21.1. The van der Waals surface area contributed by atoms with Crippen molar-refractivity contribution in [2.24, 2.45) is 0 Å². The van der Waals surface area contributed by atoms with Crippen LogP contribution >= 0.6 is 0 Å². The van der Waals surface area contributed by atoms with Crippen molar-refractivity contribution >= 4 is 17.9 Å². The molecule has 0 radical (unpaired) electrons. The number of allylic oxidation sites excluding steroid dienone is 1. The fourth-order valence-corrected chi connectivity index (χ4v) is 2.51. The minimum absolute atomic E-state index is 0.0377. The van der Waals surface area contributed by atoms with Crippen LogP contribution in [-0.2, 0) is 4.79 Å². The van der Waals surface area contributed by atoms with Crippen LogP contribution in [0.1, 0.15) is 17.5 Å². The van der Waals surface area contributed by atoms with E-state index in [1.807, 2.05) is 0 Å². The number of carbonyl (C=O) groups is 1. The molecule has 28 heavy (non-hydrogen) atoms. The van der Waals surface area contributed by atoms with E-state index in [2.05, 4.69) is 0 Å². The molecule has 0 saturated heterocycles. The second-order valence-electron chi connectivity index (χ2n) is 5.98. The molecule has 2 rings (SSSR count). The number of rotatable bonds is 9. The standard InChI is InChI=1S/C22H24O6/c1-26-20-11-7-16(13-22(20)28-3)5-9-18(24)14-17(23)8-4-15-6-10-19(25)21(12-15)27-2/h4-13,17,23,25H,14H2,1-3H3/b8-4+,9-5+. The maximum absolute atomic E-state index is 12.1. The molecule has 2 aromatic carbocycles. The lowest BCUT2D eigenvalue weighted by Gasteiger charge is -2.07. The molecule has 0 amide bonds. The van der Waals surface area contributed by atoms with Gasteiger partial charge < -0.3 is 24.4 Å². The molecule has 0 aromatic heterocycles. The average Bonchev–Trinajstić information content (AvgIpc) is 2.71. The SMILES string of the molecule is COc1cc(/C=C/C(O)CC(=O)/C=C/c2ccc(OC)c(OC)c2)ccc1O. The number of aliphatic hydroxyl groups is 1. The summed E-state index contributed by atoms with van der Waals surface area (Å²) in [5, 5.41) is 19.6. The highest BCUT2D eigenvalue weighted by molar-refractivity contribution is 5.94. The summed E-state index contributed by atoms with van der Waals surface area (Å²) in [5.41, 5.74) is 1.52. The Morgan fingerprint density at radius 1 is 0.929 bits per heavy atom. The number of methoxy groups -OCH3 is 3. The highest BCUT2D eigenvalue weighted by Crippen LogP contribution is 2.28. The van der Waals surface area contributed by atoms with Crippen molar-refractivity contribution in [1.82, 2.24) is 0 Å². The van der Waals surface area contributed by atoms with Crippen molar-refractivity contribution in [2.75, 3.05) is 21.3 Å². The smallest absolute Gasteiger partial charge is 0.161 e. The third-order valence-electron chi connectivity index (χ3n) is 3.99. The van der Waals surface area contributed by atoms with Crippen LogP contribution in [0.4, 0.5) is 0 Å². The quantitative estimate of drug-likeness (QED) is 0.644. The van der Waals surface area contributed by atoms with E-state index in [-0.39, 0.29) is 18.0 Å². The van der Waals surface area contributed by atoms with Gasteiger partial charge in [0.1, 0.15) is 0 Å². The maximum atomic E-state index is 12.1. The summed E-state index contributed by atoms with van der Waals surface area (Å²) in [5.74, 6) is 1.35. The zero-order valence-corrected chi connectivity index (χ0v) is 16.1. The van der Waals surface area contributed by atoms with E-state index in [0.29, 0.717) is 17.2 Å². The van der Waals surface area contributed by atoms with Gasteiger partial charge in [0.25, 0.3) is 0 Å². The van der Waals surface area contributed by atoms with Crippen LogP contribution in [0.2, 0.25) is 0 Å². The Morgan fingerprint density at radius 3 is 2.21 bits per heavy atom. The van der Waals surface area contributed by atoms with Crippen molar-refractivity contribution in [3.05, 3.63) is 59.7 Å². The Labute approximate surface area is 164 Å². The summed E-state index contributed by atoms with van der Waals surface area (Å²) < 4.78 is 15.4. The minimum atomic E-state index is -0.928. The van der Waals surface area contributed by atoms with Crippen LogP contribution in [0.3, 0.4) is 0 Å². The third kappa shape index (κ3) is 5.89. The van der Waals surface area contributed by atoms with Gasteiger partial charge in [0.2, 0.25) is 0 Å². The lowest BCUT2D eigenvalue weighted by Crippen LogP contribution is -2.08. The topological polar surface area (TPSA) is 85.2 Å². The molecule has 148 valence electrons. The highest BCUT2D eigenvalue weighted by Gasteiger charge is 2.07. The summed E-state index contributed by atoms with van der Waals surface area (Å²) in [6.45, 7) is 0. The first-order valence-electron chi connectivity index (χ1n) is 8.63.